The van der Waals surface area contributed by atoms with Gasteiger partial charge in [0, 0.05) is 16.1 Å². The summed E-state index contributed by atoms with van der Waals surface area (Å²) in [7, 11) is 0. The standard InChI is InChI=1S/C16H13ClN4O/c1-10-3-2-4-12(9-10)14-19-16(18)21(20-14)15(22)11-5-7-13(17)8-6-11/h2-9H,1H3,(H2,18,19,20). The molecule has 3 aromatic rings. The van der Waals surface area contributed by atoms with E-state index in [-0.39, 0.29) is 11.9 Å². The van der Waals surface area contributed by atoms with Crippen LogP contribution in [0.15, 0.2) is 48.5 Å². The Hall–Kier alpha value is -2.66. The average molecular weight is 313 g/mol. The first-order valence-corrected chi connectivity index (χ1v) is 7.02. The van der Waals surface area contributed by atoms with E-state index in [0.29, 0.717) is 16.4 Å². The SMILES string of the molecule is Cc1cccc(-c2nc(N)n(C(=O)c3ccc(Cl)cc3)n2)c1. The second kappa shape index (κ2) is 5.61. The lowest BCUT2D eigenvalue weighted by Gasteiger charge is -2.01. The van der Waals surface area contributed by atoms with Crippen molar-refractivity contribution in [3.8, 4) is 11.4 Å². The monoisotopic (exact) mass is 312 g/mol. The van der Waals surface area contributed by atoms with Gasteiger partial charge >= 0.3 is 0 Å². The molecule has 6 heteroatoms. The highest BCUT2D eigenvalue weighted by Gasteiger charge is 2.16. The van der Waals surface area contributed by atoms with Crippen LogP contribution in [0.25, 0.3) is 11.4 Å². The minimum Gasteiger partial charge on any atom is -0.368 e. The Morgan fingerprint density at radius 2 is 1.91 bits per heavy atom. The van der Waals surface area contributed by atoms with E-state index in [1.54, 1.807) is 24.3 Å². The zero-order valence-electron chi connectivity index (χ0n) is 11.8. The number of carbonyl (C=O) groups excluding carboxylic acids is 1. The van der Waals surface area contributed by atoms with Gasteiger partial charge in [-0.25, -0.2) is 0 Å². The molecule has 0 aliphatic carbocycles. The number of anilines is 1. The van der Waals surface area contributed by atoms with Crippen LogP contribution in [0.2, 0.25) is 5.02 Å². The number of rotatable bonds is 2. The van der Waals surface area contributed by atoms with E-state index in [1.165, 1.54) is 0 Å². The number of nitrogen functional groups attached to an aromatic ring is 1. The van der Waals surface area contributed by atoms with Crippen LogP contribution in [0.4, 0.5) is 5.95 Å². The molecule has 0 saturated heterocycles. The first kappa shape index (κ1) is 14.3. The molecule has 0 unspecified atom stereocenters. The topological polar surface area (TPSA) is 73.8 Å². The summed E-state index contributed by atoms with van der Waals surface area (Å²) < 4.78 is 1.10. The van der Waals surface area contributed by atoms with Crippen LogP contribution < -0.4 is 5.73 Å². The maximum Gasteiger partial charge on any atom is 0.281 e. The molecule has 22 heavy (non-hydrogen) atoms. The highest BCUT2D eigenvalue weighted by molar-refractivity contribution is 6.30. The van der Waals surface area contributed by atoms with Crippen LogP contribution in [0, 0.1) is 6.92 Å². The van der Waals surface area contributed by atoms with Crippen LogP contribution in [0.5, 0.6) is 0 Å². The number of hydrogen-bond acceptors (Lipinski definition) is 4. The zero-order chi connectivity index (χ0) is 15.7. The molecule has 0 atom stereocenters. The van der Waals surface area contributed by atoms with Gasteiger partial charge in [-0.1, -0.05) is 35.4 Å². The zero-order valence-corrected chi connectivity index (χ0v) is 12.6. The van der Waals surface area contributed by atoms with Gasteiger partial charge in [-0.05, 0) is 37.3 Å². The molecule has 0 spiro atoms. The second-order valence-electron chi connectivity index (χ2n) is 4.89. The van der Waals surface area contributed by atoms with Crippen molar-refractivity contribution >= 4 is 23.5 Å². The largest absolute Gasteiger partial charge is 0.368 e. The maximum atomic E-state index is 12.4. The number of halogens is 1. The van der Waals surface area contributed by atoms with Gasteiger partial charge in [0.25, 0.3) is 5.91 Å². The third-order valence-corrected chi connectivity index (χ3v) is 3.44. The molecule has 110 valence electrons. The lowest BCUT2D eigenvalue weighted by atomic mass is 10.1. The van der Waals surface area contributed by atoms with Crippen molar-refractivity contribution in [3.63, 3.8) is 0 Å². The normalized spacial score (nSPS) is 10.6. The van der Waals surface area contributed by atoms with E-state index in [4.69, 9.17) is 17.3 Å². The van der Waals surface area contributed by atoms with Crippen molar-refractivity contribution in [2.24, 2.45) is 0 Å². The molecule has 2 aromatic carbocycles. The van der Waals surface area contributed by atoms with Gasteiger partial charge in [0.1, 0.15) is 0 Å². The molecular weight excluding hydrogens is 300 g/mol. The van der Waals surface area contributed by atoms with Gasteiger partial charge in [-0.2, -0.15) is 9.67 Å². The van der Waals surface area contributed by atoms with Gasteiger partial charge in [0.2, 0.25) is 5.95 Å². The molecule has 0 aliphatic rings. The van der Waals surface area contributed by atoms with Crippen LogP contribution in [0.1, 0.15) is 15.9 Å². The minimum absolute atomic E-state index is 0.0523. The van der Waals surface area contributed by atoms with E-state index >= 15 is 0 Å². The Morgan fingerprint density at radius 1 is 1.18 bits per heavy atom. The molecular formula is C16H13ClN4O. The van der Waals surface area contributed by atoms with Gasteiger partial charge in [-0.15, -0.1) is 5.10 Å². The Morgan fingerprint density at radius 3 is 2.59 bits per heavy atom. The molecule has 0 bridgehead atoms. The van der Waals surface area contributed by atoms with Crippen molar-refractivity contribution < 1.29 is 4.79 Å². The number of nitrogens with two attached hydrogens (primary N) is 1. The number of benzene rings is 2. The number of aromatic nitrogens is 3. The first-order chi connectivity index (χ1) is 10.5. The molecule has 5 nitrogen and oxygen atoms in total. The van der Waals surface area contributed by atoms with Crippen LogP contribution in [-0.4, -0.2) is 20.7 Å². The summed E-state index contributed by atoms with van der Waals surface area (Å²) in [5, 5.41) is 4.78. The van der Waals surface area contributed by atoms with Gasteiger partial charge < -0.3 is 5.73 Å². The molecule has 0 fully saturated rings. The second-order valence-corrected chi connectivity index (χ2v) is 5.32. The van der Waals surface area contributed by atoms with E-state index < -0.39 is 0 Å². The predicted molar refractivity (Wildman–Crippen MR) is 85.8 cm³/mol. The number of nitrogens with zero attached hydrogens (tertiary/aromatic N) is 3. The van der Waals surface area contributed by atoms with Gasteiger partial charge in [0.05, 0.1) is 0 Å². The highest BCUT2D eigenvalue weighted by atomic mass is 35.5. The van der Waals surface area contributed by atoms with Crippen molar-refractivity contribution in [1.82, 2.24) is 14.8 Å². The van der Waals surface area contributed by atoms with Crippen LogP contribution in [0.3, 0.4) is 0 Å². The number of hydrogen-bond donors (Lipinski definition) is 1. The van der Waals surface area contributed by atoms with Crippen molar-refractivity contribution in [3.05, 3.63) is 64.7 Å². The fourth-order valence-electron chi connectivity index (χ4n) is 2.09. The van der Waals surface area contributed by atoms with Gasteiger partial charge in [0.15, 0.2) is 5.82 Å². The van der Waals surface area contributed by atoms with Crippen LogP contribution >= 0.6 is 11.6 Å². The molecule has 2 N–H and O–H groups in total. The molecule has 3 rings (SSSR count). The highest BCUT2D eigenvalue weighted by Crippen LogP contribution is 2.19. The average Bonchev–Trinajstić information content (AvgIpc) is 2.89. The molecule has 0 saturated carbocycles. The number of aryl methyl sites for hydroxylation is 1. The van der Waals surface area contributed by atoms with E-state index in [2.05, 4.69) is 10.1 Å². The summed E-state index contributed by atoms with van der Waals surface area (Å²) >= 11 is 5.82. The van der Waals surface area contributed by atoms with Crippen molar-refractivity contribution in [2.45, 2.75) is 6.92 Å². The summed E-state index contributed by atoms with van der Waals surface area (Å²) in [4.78, 5) is 16.6. The first-order valence-electron chi connectivity index (χ1n) is 6.64. The van der Waals surface area contributed by atoms with E-state index in [1.807, 2.05) is 31.2 Å². The Balaban J connectivity index is 1.99. The lowest BCUT2D eigenvalue weighted by molar-refractivity contribution is 0.0948. The fourth-order valence-corrected chi connectivity index (χ4v) is 2.22. The molecule has 0 radical (unpaired) electrons. The Labute approximate surface area is 132 Å². The van der Waals surface area contributed by atoms with Crippen molar-refractivity contribution in [1.29, 1.82) is 0 Å². The predicted octanol–water partition coefficient (Wildman–Crippen LogP) is 3.18. The van der Waals surface area contributed by atoms with Gasteiger partial charge in [-0.3, -0.25) is 4.79 Å². The molecule has 0 aliphatic heterocycles. The third-order valence-electron chi connectivity index (χ3n) is 3.19. The molecule has 1 heterocycles. The quantitative estimate of drug-likeness (QED) is 0.788. The molecule has 0 amide bonds. The number of carbonyl (C=O) groups is 1. The Kier molecular flexibility index (Phi) is 3.65. The van der Waals surface area contributed by atoms with E-state index in [9.17, 15) is 4.79 Å². The van der Waals surface area contributed by atoms with Crippen LogP contribution in [-0.2, 0) is 0 Å². The van der Waals surface area contributed by atoms with Crippen molar-refractivity contribution in [2.75, 3.05) is 5.73 Å². The van der Waals surface area contributed by atoms with E-state index in [0.717, 1.165) is 15.8 Å². The lowest BCUT2D eigenvalue weighted by Crippen LogP contribution is -2.16. The summed E-state index contributed by atoms with van der Waals surface area (Å²) in [6.45, 7) is 1.97. The summed E-state index contributed by atoms with van der Waals surface area (Å²) in [6, 6.07) is 14.2. The summed E-state index contributed by atoms with van der Waals surface area (Å²) in [6.07, 6.45) is 0. The smallest absolute Gasteiger partial charge is 0.281 e. The summed E-state index contributed by atoms with van der Waals surface area (Å²) in [5.41, 5.74) is 8.16. The minimum atomic E-state index is -0.347. The molecule has 1 aromatic heterocycles. The fraction of sp³-hybridized carbons (Fsp3) is 0.0625. The maximum absolute atomic E-state index is 12.4. The third kappa shape index (κ3) is 2.71. The summed E-state index contributed by atoms with van der Waals surface area (Å²) in [5.74, 6) is 0.125. The Bertz CT molecular complexity index is 840.